The summed E-state index contributed by atoms with van der Waals surface area (Å²) in [6, 6.07) is 10.1. The average Bonchev–Trinajstić information content (AvgIpc) is 2.88. The van der Waals surface area contributed by atoms with Crippen molar-refractivity contribution in [1.29, 1.82) is 0 Å². The molecule has 0 bridgehead atoms. The normalized spacial score (nSPS) is 18.5. The van der Waals surface area contributed by atoms with Crippen LogP contribution in [0, 0.1) is 0 Å². The topological polar surface area (TPSA) is 67.7 Å². The Kier molecular flexibility index (Phi) is 5.26. The molecule has 1 aliphatic heterocycles. The highest BCUT2D eigenvalue weighted by Gasteiger charge is 2.03. The van der Waals surface area contributed by atoms with Crippen LogP contribution in [-0.2, 0) is 0 Å². The Morgan fingerprint density at radius 3 is 2.53 bits per heavy atom. The molecule has 2 N–H and O–H groups in total. The summed E-state index contributed by atoms with van der Waals surface area (Å²) in [7, 11) is 0. The third-order valence-corrected chi connectivity index (χ3v) is 2.91. The summed E-state index contributed by atoms with van der Waals surface area (Å²) in [6.07, 6.45) is 0. The SMILES string of the molecule is C[C@@H]1CNCCN1.Clc1nnnn1-c1ccccc1. The van der Waals surface area contributed by atoms with Gasteiger partial charge in [-0.05, 0) is 41.1 Å². The highest BCUT2D eigenvalue weighted by atomic mass is 35.5. The second-order valence-corrected chi connectivity index (χ2v) is 4.59. The Hall–Kier alpha value is -1.50. The maximum Gasteiger partial charge on any atom is 0.247 e. The fraction of sp³-hybridized carbons (Fsp3) is 0.417. The lowest BCUT2D eigenvalue weighted by Crippen LogP contribution is -2.46. The van der Waals surface area contributed by atoms with Gasteiger partial charge in [0.25, 0.3) is 0 Å². The lowest BCUT2D eigenvalue weighted by molar-refractivity contribution is 0.442. The van der Waals surface area contributed by atoms with Gasteiger partial charge in [0, 0.05) is 25.7 Å². The summed E-state index contributed by atoms with van der Waals surface area (Å²) in [4.78, 5) is 0. The van der Waals surface area contributed by atoms with Gasteiger partial charge in [-0.1, -0.05) is 23.3 Å². The molecule has 0 saturated carbocycles. The minimum absolute atomic E-state index is 0.265. The molecule has 3 rings (SSSR count). The van der Waals surface area contributed by atoms with Crippen molar-refractivity contribution in [2.24, 2.45) is 0 Å². The van der Waals surface area contributed by atoms with Crippen LogP contribution in [0.4, 0.5) is 0 Å². The molecule has 1 fully saturated rings. The number of para-hydroxylation sites is 1. The van der Waals surface area contributed by atoms with Gasteiger partial charge < -0.3 is 10.6 Å². The van der Waals surface area contributed by atoms with Crippen LogP contribution in [0.2, 0.25) is 5.28 Å². The smallest absolute Gasteiger partial charge is 0.247 e. The molecule has 0 unspecified atom stereocenters. The van der Waals surface area contributed by atoms with Gasteiger partial charge in [-0.2, -0.15) is 4.68 Å². The van der Waals surface area contributed by atoms with Crippen LogP contribution < -0.4 is 10.6 Å². The zero-order valence-electron chi connectivity index (χ0n) is 10.8. The standard InChI is InChI=1S/C7H5ClN4.C5H12N2/c8-7-9-10-11-12(7)6-4-2-1-3-5-6;1-5-4-6-2-3-7-5/h1-5H;5-7H,2-4H2,1H3/t;5-/m.1/s1. The molecule has 102 valence electrons. The number of rotatable bonds is 1. The first-order valence-electron chi connectivity index (χ1n) is 6.21. The fourth-order valence-corrected chi connectivity index (χ4v) is 1.87. The largest absolute Gasteiger partial charge is 0.314 e. The Morgan fingerprint density at radius 1 is 1.26 bits per heavy atom. The van der Waals surface area contributed by atoms with E-state index in [1.165, 1.54) is 4.68 Å². The number of benzene rings is 1. The number of halogens is 1. The van der Waals surface area contributed by atoms with E-state index in [0.717, 1.165) is 25.3 Å². The highest BCUT2D eigenvalue weighted by molar-refractivity contribution is 6.28. The van der Waals surface area contributed by atoms with Crippen LogP contribution in [0.15, 0.2) is 30.3 Å². The Morgan fingerprint density at radius 2 is 2.05 bits per heavy atom. The molecule has 1 aromatic heterocycles. The molecular weight excluding hydrogens is 264 g/mol. The zero-order chi connectivity index (χ0) is 13.5. The summed E-state index contributed by atoms with van der Waals surface area (Å²) in [5.74, 6) is 0. The summed E-state index contributed by atoms with van der Waals surface area (Å²) >= 11 is 5.70. The van der Waals surface area contributed by atoms with E-state index in [0.29, 0.717) is 6.04 Å². The predicted octanol–water partition coefficient (Wildman–Crippen LogP) is 0.883. The summed E-state index contributed by atoms with van der Waals surface area (Å²) in [6.45, 7) is 5.57. The van der Waals surface area contributed by atoms with Crippen molar-refractivity contribution < 1.29 is 0 Å². The first-order valence-corrected chi connectivity index (χ1v) is 6.58. The van der Waals surface area contributed by atoms with Crippen molar-refractivity contribution in [3.63, 3.8) is 0 Å². The van der Waals surface area contributed by atoms with Crippen LogP contribution in [-0.4, -0.2) is 45.9 Å². The first kappa shape index (κ1) is 13.9. The lowest BCUT2D eigenvalue weighted by atomic mass is 10.3. The van der Waals surface area contributed by atoms with E-state index in [-0.39, 0.29) is 5.28 Å². The van der Waals surface area contributed by atoms with Gasteiger partial charge >= 0.3 is 0 Å². The van der Waals surface area contributed by atoms with Crippen LogP contribution in [0.5, 0.6) is 0 Å². The number of piperazine rings is 1. The van der Waals surface area contributed by atoms with Gasteiger partial charge in [-0.3, -0.25) is 0 Å². The molecule has 2 aromatic rings. The molecule has 1 aliphatic rings. The second kappa shape index (κ2) is 7.18. The Bertz CT molecular complexity index is 480. The van der Waals surface area contributed by atoms with Gasteiger partial charge in [0.1, 0.15) is 0 Å². The minimum atomic E-state index is 0.265. The molecule has 0 aliphatic carbocycles. The summed E-state index contributed by atoms with van der Waals surface area (Å²) < 4.78 is 1.46. The van der Waals surface area contributed by atoms with Gasteiger partial charge in [-0.15, -0.1) is 0 Å². The molecule has 0 amide bonds. The monoisotopic (exact) mass is 280 g/mol. The molecule has 0 radical (unpaired) electrons. The van der Waals surface area contributed by atoms with Gasteiger partial charge in [0.15, 0.2) is 0 Å². The fourth-order valence-electron chi connectivity index (χ4n) is 1.70. The maximum absolute atomic E-state index is 5.70. The Balaban J connectivity index is 0.000000163. The van der Waals surface area contributed by atoms with E-state index < -0.39 is 0 Å². The molecule has 7 heteroatoms. The summed E-state index contributed by atoms with van der Waals surface area (Å²) in [5, 5.41) is 17.6. The number of nitrogens with zero attached hydrogens (tertiary/aromatic N) is 4. The number of hydrogen-bond donors (Lipinski definition) is 2. The first-order chi connectivity index (χ1) is 9.27. The van der Waals surface area contributed by atoms with Crippen molar-refractivity contribution >= 4 is 11.6 Å². The quantitative estimate of drug-likeness (QED) is 0.812. The molecule has 1 atom stereocenters. The Labute approximate surface area is 117 Å². The number of tetrazole rings is 1. The second-order valence-electron chi connectivity index (χ2n) is 4.25. The van der Waals surface area contributed by atoms with E-state index in [1.807, 2.05) is 30.3 Å². The molecule has 0 spiro atoms. The molecule has 1 saturated heterocycles. The molecule has 19 heavy (non-hydrogen) atoms. The van der Waals surface area contributed by atoms with E-state index in [9.17, 15) is 0 Å². The van der Waals surface area contributed by atoms with E-state index >= 15 is 0 Å². The van der Waals surface area contributed by atoms with Gasteiger partial charge in [0.05, 0.1) is 5.69 Å². The highest BCUT2D eigenvalue weighted by Crippen LogP contribution is 2.09. The van der Waals surface area contributed by atoms with Crippen molar-refractivity contribution in [3.8, 4) is 5.69 Å². The van der Waals surface area contributed by atoms with Crippen molar-refractivity contribution in [1.82, 2.24) is 30.8 Å². The number of aromatic nitrogens is 4. The van der Waals surface area contributed by atoms with Crippen LogP contribution in [0.3, 0.4) is 0 Å². The molecule has 6 nitrogen and oxygen atoms in total. The van der Waals surface area contributed by atoms with Gasteiger partial charge in [-0.25, -0.2) is 0 Å². The number of nitrogens with one attached hydrogen (secondary N) is 2. The zero-order valence-corrected chi connectivity index (χ0v) is 11.5. The van der Waals surface area contributed by atoms with Crippen molar-refractivity contribution in [2.75, 3.05) is 19.6 Å². The minimum Gasteiger partial charge on any atom is -0.314 e. The van der Waals surface area contributed by atoms with Crippen molar-refractivity contribution in [3.05, 3.63) is 35.6 Å². The van der Waals surface area contributed by atoms with Crippen LogP contribution in [0.25, 0.3) is 5.69 Å². The molecular formula is C12H17ClN6. The van der Waals surface area contributed by atoms with Crippen LogP contribution in [0.1, 0.15) is 6.92 Å². The van der Waals surface area contributed by atoms with Crippen molar-refractivity contribution in [2.45, 2.75) is 13.0 Å². The number of hydrogen-bond acceptors (Lipinski definition) is 5. The maximum atomic E-state index is 5.70. The lowest BCUT2D eigenvalue weighted by Gasteiger charge is -2.19. The molecule has 2 heterocycles. The third-order valence-electron chi connectivity index (χ3n) is 2.68. The summed E-state index contributed by atoms with van der Waals surface area (Å²) in [5.41, 5.74) is 0.854. The van der Waals surface area contributed by atoms with Crippen LogP contribution >= 0.6 is 11.6 Å². The van der Waals surface area contributed by atoms with E-state index in [1.54, 1.807) is 0 Å². The van der Waals surface area contributed by atoms with Gasteiger partial charge in [0.2, 0.25) is 5.28 Å². The van der Waals surface area contributed by atoms with E-state index in [4.69, 9.17) is 11.6 Å². The predicted molar refractivity (Wildman–Crippen MR) is 74.5 cm³/mol. The van der Waals surface area contributed by atoms with E-state index in [2.05, 4.69) is 33.1 Å². The third kappa shape index (κ3) is 4.27. The average molecular weight is 281 g/mol. The molecule has 1 aromatic carbocycles.